The maximum Gasteiger partial charge on any atom is 0.176 e. The van der Waals surface area contributed by atoms with Crippen LogP contribution < -0.4 is 10.1 Å². The molecule has 0 bridgehead atoms. The summed E-state index contributed by atoms with van der Waals surface area (Å²) in [6.45, 7) is 2.51. The zero-order valence-corrected chi connectivity index (χ0v) is 21.0. The molecular formula is C28H28ClN3O3. The van der Waals surface area contributed by atoms with Crippen molar-refractivity contribution < 1.29 is 14.6 Å². The van der Waals surface area contributed by atoms with E-state index < -0.39 is 0 Å². The standard InChI is InChI=1S/C28H28ClN3O3/c1-17(33)23-16-30-25-10-7-19(20-14-24(29)28(34)26(15-20)35-4)13-22(25)27(23)31-21-8-5-18(6-9-21)11-12-32(2)3/h5-10,13-16,34H,11-12H2,1-4H3,(H,30,31). The molecule has 180 valence electrons. The smallest absolute Gasteiger partial charge is 0.176 e. The molecule has 0 aliphatic rings. The number of pyridine rings is 1. The summed E-state index contributed by atoms with van der Waals surface area (Å²) in [5, 5.41) is 14.6. The molecule has 0 unspecified atom stereocenters. The number of nitrogens with zero attached hydrogens (tertiary/aromatic N) is 2. The van der Waals surface area contributed by atoms with E-state index in [1.165, 1.54) is 19.6 Å². The fourth-order valence-corrected chi connectivity index (χ4v) is 4.13. The summed E-state index contributed by atoms with van der Waals surface area (Å²) in [5.74, 6) is 0.107. The van der Waals surface area contributed by atoms with Crippen molar-refractivity contribution in [1.82, 2.24) is 9.88 Å². The Hall–Kier alpha value is -3.61. The van der Waals surface area contributed by atoms with Crippen LogP contribution in [0, 0.1) is 0 Å². The molecule has 0 amide bonds. The average Bonchev–Trinajstić information content (AvgIpc) is 2.84. The third kappa shape index (κ3) is 5.39. The molecule has 1 heterocycles. The van der Waals surface area contributed by atoms with Gasteiger partial charge in [0, 0.05) is 23.8 Å². The van der Waals surface area contributed by atoms with Crippen LogP contribution in [0.15, 0.2) is 60.8 Å². The van der Waals surface area contributed by atoms with Crippen molar-refractivity contribution in [3.8, 4) is 22.6 Å². The molecule has 0 saturated heterocycles. The first-order valence-corrected chi connectivity index (χ1v) is 11.7. The molecule has 35 heavy (non-hydrogen) atoms. The monoisotopic (exact) mass is 489 g/mol. The summed E-state index contributed by atoms with van der Waals surface area (Å²) in [7, 11) is 5.60. The summed E-state index contributed by atoms with van der Waals surface area (Å²) in [6, 6.07) is 17.4. The van der Waals surface area contributed by atoms with E-state index in [4.69, 9.17) is 16.3 Å². The number of benzene rings is 3. The number of aromatic nitrogens is 1. The number of phenols is 1. The Bertz CT molecular complexity index is 1380. The number of aromatic hydroxyl groups is 1. The molecule has 6 nitrogen and oxygen atoms in total. The second kappa shape index (κ2) is 10.3. The fourth-order valence-electron chi connectivity index (χ4n) is 3.92. The Labute approximate surface area is 210 Å². The van der Waals surface area contributed by atoms with Crippen LogP contribution in [-0.4, -0.2) is 48.5 Å². The Balaban J connectivity index is 1.78. The minimum absolute atomic E-state index is 0.0794. The number of methoxy groups -OCH3 is 1. The van der Waals surface area contributed by atoms with E-state index in [0.29, 0.717) is 11.3 Å². The number of Topliss-reactive ketones (excluding diaryl/α,β-unsaturated/α-hetero) is 1. The van der Waals surface area contributed by atoms with Crippen molar-refractivity contribution >= 4 is 39.7 Å². The number of hydrogen-bond donors (Lipinski definition) is 2. The number of carbonyl (C=O) groups excluding carboxylic acids is 1. The highest BCUT2D eigenvalue weighted by atomic mass is 35.5. The van der Waals surface area contributed by atoms with E-state index in [1.54, 1.807) is 18.3 Å². The molecule has 0 aliphatic carbocycles. The summed E-state index contributed by atoms with van der Waals surface area (Å²) in [5.41, 5.74) is 5.71. The molecule has 0 aliphatic heterocycles. The first-order chi connectivity index (χ1) is 16.8. The van der Waals surface area contributed by atoms with Crippen molar-refractivity contribution in [2.24, 2.45) is 0 Å². The van der Waals surface area contributed by atoms with Gasteiger partial charge in [0.2, 0.25) is 0 Å². The van der Waals surface area contributed by atoms with Crippen molar-refractivity contribution in [2.45, 2.75) is 13.3 Å². The highest BCUT2D eigenvalue weighted by Gasteiger charge is 2.16. The molecule has 0 saturated carbocycles. The minimum Gasteiger partial charge on any atom is -0.503 e. The number of halogens is 1. The normalized spacial score (nSPS) is 11.1. The second-order valence-corrected chi connectivity index (χ2v) is 9.13. The van der Waals surface area contributed by atoms with Crippen molar-refractivity contribution in [3.05, 3.63) is 76.9 Å². The van der Waals surface area contributed by atoms with Gasteiger partial charge in [-0.25, -0.2) is 0 Å². The Morgan fingerprint density at radius 2 is 1.83 bits per heavy atom. The van der Waals surface area contributed by atoms with Crippen LogP contribution in [0.3, 0.4) is 0 Å². The molecule has 2 N–H and O–H groups in total. The molecule has 0 fully saturated rings. The first-order valence-electron chi connectivity index (χ1n) is 11.3. The highest BCUT2D eigenvalue weighted by Crippen LogP contribution is 2.40. The molecule has 0 atom stereocenters. The van der Waals surface area contributed by atoms with E-state index >= 15 is 0 Å². The number of hydrogen-bond acceptors (Lipinski definition) is 6. The van der Waals surface area contributed by atoms with E-state index in [-0.39, 0.29) is 22.3 Å². The average molecular weight is 490 g/mol. The van der Waals surface area contributed by atoms with Gasteiger partial charge in [-0.05, 0) is 80.5 Å². The molecule has 0 radical (unpaired) electrons. The number of rotatable bonds is 8. The first kappa shape index (κ1) is 24.5. The van der Waals surface area contributed by atoms with Gasteiger partial charge in [0.1, 0.15) is 0 Å². The van der Waals surface area contributed by atoms with Gasteiger partial charge in [-0.15, -0.1) is 0 Å². The third-order valence-electron chi connectivity index (χ3n) is 5.90. The molecule has 1 aromatic heterocycles. The van der Waals surface area contributed by atoms with Gasteiger partial charge >= 0.3 is 0 Å². The Morgan fingerprint density at radius 3 is 2.49 bits per heavy atom. The molecule has 0 spiro atoms. The summed E-state index contributed by atoms with van der Waals surface area (Å²) in [4.78, 5) is 19.1. The molecule has 7 heteroatoms. The minimum atomic E-state index is -0.101. The highest BCUT2D eigenvalue weighted by molar-refractivity contribution is 6.32. The van der Waals surface area contributed by atoms with Gasteiger partial charge in [-0.1, -0.05) is 29.8 Å². The molecule has 4 rings (SSSR count). The number of phenolic OH excluding ortho intramolecular Hbond substituents is 1. The van der Waals surface area contributed by atoms with Gasteiger partial charge in [-0.3, -0.25) is 9.78 Å². The number of anilines is 2. The molecule has 3 aromatic carbocycles. The lowest BCUT2D eigenvalue weighted by Gasteiger charge is -2.16. The van der Waals surface area contributed by atoms with Crippen LogP contribution in [0.5, 0.6) is 11.5 Å². The Kier molecular flexibility index (Phi) is 7.24. The van der Waals surface area contributed by atoms with Gasteiger partial charge in [0.05, 0.1) is 28.9 Å². The molecule has 4 aromatic rings. The van der Waals surface area contributed by atoms with Crippen LogP contribution in [0.2, 0.25) is 5.02 Å². The Morgan fingerprint density at radius 1 is 1.09 bits per heavy atom. The zero-order chi connectivity index (χ0) is 25.1. The lowest BCUT2D eigenvalue weighted by molar-refractivity contribution is 0.101. The quantitative estimate of drug-likeness (QED) is 0.282. The summed E-state index contributed by atoms with van der Waals surface area (Å²) >= 11 is 6.22. The van der Waals surface area contributed by atoms with Crippen LogP contribution >= 0.6 is 11.6 Å². The van der Waals surface area contributed by atoms with Crippen molar-refractivity contribution in [2.75, 3.05) is 33.1 Å². The van der Waals surface area contributed by atoms with Gasteiger partial charge < -0.3 is 20.1 Å². The lowest BCUT2D eigenvalue weighted by atomic mass is 9.99. The predicted molar refractivity (Wildman–Crippen MR) is 142 cm³/mol. The number of ether oxygens (including phenoxy) is 1. The zero-order valence-electron chi connectivity index (χ0n) is 20.2. The number of carbonyl (C=O) groups is 1. The van der Waals surface area contributed by atoms with E-state index in [2.05, 4.69) is 41.4 Å². The summed E-state index contributed by atoms with van der Waals surface area (Å²) in [6.07, 6.45) is 2.57. The van der Waals surface area contributed by atoms with Crippen LogP contribution in [0.4, 0.5) is 11.4 Å². The maximum atomic E-state index is 12.5. The van der Waals surface area contributed by atoms with Gasteiger partial charge in [-0.2, -0.15) is 0 Å². The fraction of sp³-hybridized carbons (Fsp3) is 0.214. The lowest BCUT2D eigenvalue weighted by Crippen LogP contribution is -2.14. The second-order valence-electron chi connectivity index (χ2n) is 8.72. The van der Waals surface area contributed by atoms with E-state index in [0.717, 1.165) is 40.7 Å². The van der Waals surface area contributed by atoms with Gasteiger partial charge in [0.25, 0.3) is 0 Å². The van der Waals surface area contributed by atoms with E-state index in [9.17, 15) is 9.90 Å². The molecular weight excluding hydrogens is 462 g/mol. The largest absolute Gasteiger partial charge is 0.503 e. The maximum absolute atomic E-state index is 12.5. The van der Waals surface area contributed by atoms with Gasteiger partial charge in [0.15, 0.2) is 17.3 Å². The topological polar surface area (TPSA) is 74.7 Å². The number of ketones is 1. The summed E-state index contributed by atoms with van der Waals surface area (Å²) < 4.78 is 5.26. The van der Waals surface area contributed by atoms with Crippen molar-refractivity contribution in [3.63, 3.8) is 0 Å². The number of likely N-dealkylation sites (N-methyl/N-ethyl adjacent to an activating group) is 1. The van der Waals surface area contributed by atoms with Crippen molar-refractivity contribution in [1.29, 1.82) is 0 Å². The van der Waals surface area contributed by atoms with Crippen LogP contribution in [0.1, 0.15) is 22.8 Å². The predicted octanol–water partition coefficient (Wildman–Crippen LogP) is 6.32. The SMILES string of the molecule is COc1cc(-c2ccc3ncc(C(C)=O)c(Nc4ccc(CCN(C)C)cc4)c3c2)cc(Cl)c1O. The number of nitrogens with one attached hydrogen (secondary N) is 1. The third-order valence-corrected chi connectivity index (χ3v) is 6.19. The van der Waals surface area contributed by atoms with E-state index in [1.807, 2.05) is 30.3 Å². The van der Waals surface area contributed by atoms with Crippen LogP contribution in [-0.2, 0) is 6.42 Å². The van der Waals surface area contributed by atoms with Crippen LogP contribution in [0.25, 0.3) is 22.0 Å². The number of fused-ring (bicyclic) bond motifs is 1.